The molecule has 0 unspecified atom stereocenters. The summed E-state index contributed by atoms with van der Waals surface area (Å²) in [7, 11) is 1.26. The fourth-order valence-electron chi connectivity index (χ4n) is 1.07. The zero-order chi connectivity index (χ0) is 11.6. The van der Waals surface area contributed by atoms with Gasteiger partial charge in [-0.1, -0.05) is 0 Å². The fraction of sp³-hybridized carbons (Fsp3) is 0.250. The lowest BCUT2D eigenvalue weighted by atomic mass is 10.2. The third-order valence-corrected chi connectivity index (χ3v) is 3.12. The maximum atomic E-state index is 11.8. The van der Waals surface area contributed by atoms with Gasteiger partial charge in [0.1, 0.15) is 5.75 Å². The topological polar surface area (TPSA) is 43.4 Å². The second-order valence-electron chi connectivity index (χ2n) is 2.74. The van der Waals surface area contributed by atoms with Crippen LogP contribution in [0, 0.1) is 6.92 Å². The van der Waals surface area contributed by atoms with E-state index in [1.165, 1.54) is 13.0 Å². The van der Waals surface area contributed by atoms with Gasteiger partial charge in [-0.3, -0.25) is 0 Å². The molecule has 0 amide bonds. The highest BCUT2D eigenvalue weighted by Crippen LogP contribution is 2.24. The predicted molar refractivity (Wildman–Crippen MR) is 50.8 cm³/mol. The second-order valence-corrected chi connectivity index (χ2v) is 5.28. The molecule has 0 aromatic heterocycles. The van der Waals surface area contributed by atoms with Crippen molar-refractivity contribution in [2.24, 2.45) is 0 Å². The highest BCUT2D eigenvalue weighted by Gasteiger charge is 2.14. The van der Waals surface area contributed by atoms with Crippen LogP contribution in [0.15, 0.2) is 23.1 Å². The van der Waals surface area contributed by atoms with Crippen LogP contribution in [0.5, 0.6) is 5.75 Å². The fourth-order valence-corrected chi connectivity index (χ4v) is 2.27. The average molecular weight is 257 g/mol. The smallest absolute Gasteiger partial charge is 0.387 e. The summed E-state index contributed by atoms with van der Waals surface area (Å²) in [6.45, 7) is -1.50. The standard InChI is InChI=1S/C8H7ClF2O3S/c1-5-4-6(14-8(10)11)2-3-7(5)15(9,12)13/h2-4,8H,1H3. The van der Waals surface area contributed by atoms with Crippen molar-refractivity contribution in [3.63, 3.8) is 0 Å². The molecule has 1 rings (SSSR count). The third-order valence-electron chi connectivity index (χ3n) is 1.63. The number of aryl methyl sites for hydroxylation is 1. The summed E-state index contributed by atoms with van der Waals surface area (Å²) in [5.74, 6) is -0.105. The van der Waals surface area contributed by atoms with Crippen molar-refractivity contribution in [1.29, 1.82) is 0 Å². The molecule has 0 saturated carbocycles. The van der Waals surface area contributed by atoms with Crippen molar-refractivity contribution in [3.05, 3.63) is 23.8 Å². The number of hydrogen-bond acceptors (Lipinski definition) is 3. The zero-order valence-electron chi connectivity index (χ0n) is 7.58. The number of halogens is 3. The van der Waals surface area contributed by atoms with E-state index in [0.29, 0.717) is 0 Å². The van der Waals surface area contributed by atoms with Crippen LogP contribution >= 0.6 is 10.7 Å². The Morgan fingerprint density at radius 1 is 1.40 bits per heavy atom. The minimum absolute atomic E-state index is 0.105. The number of ether oxygens (including phenoxy) is 1. The first-order chi connectivity index (χ1) is 6.80. The Morgan fingerprint density at radius 2 is 2.00 bits per heavy atom. The lowest BCUT2D eigenvalue weighted by Crippen LogP contribution is -2.03. The summed E-state index contributed by atoms with van der Waals surface area (Å²) in [6, 6.07) is 3.42. The molecular weight excluding hydrogens is 250 g/mol. The summed E-state index contributed by atoms with van der Waals surface area (Å²) >= 11 is 0. The first kappa shape index (κ1) is 12.2. The van der Waals surface area contributed by atoms with Gasteiger partial charge in [-0.15, -0.1) is 0 Å². The van der Waals surface area contributed by atoms with Gasteiger partial charge in [0, 0.05) is 10.7 Å². The summed E-state index contributed by atoms with van der Waals surface area (Å²) in [6.07, 6.45) is 0. The normalized spacial score (nSPS) is 11.8. The van der Waals surface area contributed by atoms with Gasteiger partial charge in [0.05, 0.1) is 4.90 Å². The van der Waals surface area contributed by atoms with Crippen LogP contribution in [0.25, 0.3) is 0 Å². The van der Waals surface area contributed by atoms with Crippen LogP contribution in [-0.4, -0.2) is 15.0 Å². The van der Waals surface area contributed by atoms with Crippen molar-refractivity contribution in [2.45, 2.75) is 18.4 Å². The Kier molecular flexibility index (Phi) is 3.51. The quantitative estimate of drug-likeness (QED) is 0.781. The molecule has 0 atom stereocenters. The highest BCUT2D eigenvalue weighted by atomic mass is 35.7. The van der Waals surface area contributed by atoms with E-state index >= 15 is 0 Å². The molecule has 0 fully saturated rings. The molecule has 0 aliphatic carbocycles. The second kappa shape index (κ2) is 4.32. The molecule has 0 N–H and O–H groups in total. The zero-order valence-corrected chi connectivity index (χ0v) is 9.15. The first-order valence-corrected chi connectivity index (χ1v) is 6.12. The molecule has 0 radical (unpaired) electrons. The molecule has 1 aromatic rings. The van der Waals surface area contributed by atoms with Gasteiger partial charge in [0.15, 0.2) is 0 Å². The minimum Gasteiger partial charge on any atom is -0.435 e. The molecule has 15 heavy (non-hydrogen) atoms. The third kappa shape index (κ3) is 3.32. The number of benzene rings is 1. The van der Waals surface area contributed by atoms with E-state index in [1.54, 1.807) is 0 Å². The van der Waals surface area contributed by atoms with Crippen molar-refractivity contribution in [1.82, 2.24) is 0 Å². The van der Waals surface area contributed by atoms with E-state index in [1.807, 2.05) is 0 Å². The lowest BCUT2D eigenvalue weighted by molar-refractivity contribution is -0.0498. The van der Waals surface area contributed by atoms with E-state index in [9.17, 15) is 17.2 Å². The Labute approximate surface area is 90.0 Å². The molecule has 7 heteroatoms. The Balaban J connectivity index is 3.09. The van der Waals surface area contributed by atoms with Crippen LogP contribution in [0.3, 0.4) is 0 Å². The van der Waals surface area contributed by atoms with Crippen LogP contribution in [0.1, 0.15) is 5.56 Å². The number of rotatable bonds is 3. The van der Waals surface area contributed by atoms with E-state index in [0.717, 1.165) is 12.1 Å². The van der Waals surface area contributed by atoms with Crippen LogP contribution in [0.4, 0.5) is 8.78 Å². The maximum Gasteiger partial charge on any atom is 0.387 e. The largest absolute Gasteiger partial charge is 0.435 e. The van der Waals surface area contributed by atoms with Crippen molar-refractivity contribution in [3.8, 4) is 5.75 Å². The van der Waals surface area contributed by atoms with Gasteiger partial charge in [-0.2, -0.15) is 8.78 Å². The highest BCUT2D eigenvalue weighted by molar-refractivity contribution is 8.13. The summed E-state index contributed by atoms with van der Waals surface area (Å²) in [5, 5.41) is 0. The van der Waals surface area contributed by atoms with Crippen LogP contribution in [-0.2, 0) is 9.05 Å². The lowest BCUT2D eigenvalue weighted by Gasteiger charge is -2.07. The molecule has 0 spiro atoms. The van der Waals surface area contributed by atoms with Crippen LogP contribution < -0.4 is 4.74 Å². The van der Waals surface area contributed by atoms with Crippen molar-refractivity contribution >= 4 is 19.7 Å². The number of hydrogen-bond donors (Lipinski definition) is 0. The molecule has 1 aromatic carbocycles. The van der Waals surface area contributed by atoms with E-state index < -0.39 is 15.7 Å². The molecule has 0 saturated heterocycles. The maximum absolute atomic E-state index is 11.8. The van der Waals surface area contributed by atoms with Crippen LogP contribution in [0.2, 0.25) is 0 Å². The van der Waals surface area contributed by atoms with Crippen molar-refractivity contribution < 1.29 is 21.9 Å². The molecule has 3 nitrogen and oxygen atoms in total. The summed E-state index contributed by atoms with van der Waals surface area (Å²) in [4.78, 5) is -0.120. The number of alkyl halides is 2. The van der Waals surface area contributed by atoms with Gasteiger partial charge in [0.25, 0.3) is 9.05 Å². The van der Waals surface area contributed by atoms with E-state index in [4.69, 9.17) is 10.7 Å². The van der Waals surface area contributed by atoms with Gasteiger partial charge in [-0.05, 0) is 30.7 Å². The van der Waals surface area contributed by atoms with Gasteiger partial charge >= 0.3 is 6.61 Å². The van der Waals surface area contributed by atoms with Gasteiger partial charge < -0.3 is 4.74 Å². The van der Waals surface area contributed by atoms with Crippen molar-refractivity contribution in [2.75, 3.05) is 0 Å². The monoisotopic (exact) mass is 256 g/mol. The summed E-state index contributed by atoms with van der Waals surface area (Å²) in [5.41, 5.74) is 0.253. The minimum atomic E-state index is -3.85. The molecule has 0 aliphatic rings. The molecular formula is C8H7ClF2O3S. The summed E-state index contributed by atoms with van der Waals surface area (Å²) < 4.78 is 49.7. The van der Waals surface area contributed by atoms with E-state index in [-0.39, 0.29) is 16.2 Å². The SMILES string of the molecule is Cc1cc(OC(F)F)ccc1S(=O)(=O)Cl. The molecule has 0 bridgehead atoms. The molecule has 0 heterocycles. The van der Waals surface area contributed by atoms with Gasteiger partial charge in [-0.25, -0.2) is 8.42 Å². The Morgan fingerprint density at radius 3 is 2.40 bits per heavy atom. The predicted octanol–water partition coefficient (Wildman–Crippen LogP) is 2.52. The average Bonchev–Trinajstić information content (AvgIpc) is 1.99. The molecule has 0 aliphatic heterocycles. The van der Waals surface area contributed by atoms with Gasteiger partial charge in [0.2, 0.25) is 0 Å². The Hall–Kier alpha value is -0.880. The Bertz CT molecular complexity index is 459. The molecule has 84 valence electrons. The van der Waals surface area contributed by atoms with E-state index in [2.05, 4.69) is 4.74 Å². The first-order valence-electron chi connectivity index (χ1n) is 3.81.